The van der Waals surface area contributed by atoms with Gasteiger partial charge >= 0.3 is 0 Å². The maximum absolute atomic E-state index is 12.1. The van der Waals surface area contributed by atoms with Crippen LogP contribution in [0, 0.1) is 11.3 Å². The Bertz CT molecular complexity index is 1120. The first-order valence-electron chi connectivity index (χ1n) is 8.51. The topological polar surface area (TPSA) is 58.7 Å². The molecule has 128 valence electrons. The first-order chi connectivity index (χ1) is 13.3. The van der Waals surface area contributed by atoms with E-state index in [1.54, 1.807) is 16.8 Å². The number of aldehydes is 1. The molecular weight excluding hydrogens is 334 g/mol. The van der Waals surface area contributed by atoms with Gasteiger partial charge in [0.15, 0.2) is 6.29 Å². The summed E-state index contributed by atoms with van der Waals surface area (Å²) in [5, 5.41) is 13.8. The van der Waals surface area contributed by atoms with Crippen LogP contribution in [0.15, 0.2) is 84.9 Å². The normalized spacial score (nSPS) is 10.3. The molecule has 3 aromatic carbocycles. The number of hydrogen-bond acceptors (Lipinski definition) is 3. The second kappa shape index (κ2) is 7.11. The van der Waals surface area contributed by atoms with E-state index in [4.69, 9.17) is 10.4 Å². The number of aromatic nitrogens is 2. The molecule has 0 radical (unpaired) electrons. The standard InChI is InChI=1S/C23H15N3O/c24-15-17-11-13-19(14-12-17)23-21(16-27)22(18-7-3-1-4-8-18)25-26(23)20-9-5-2-6-10-20/h1-14,16H. The molecule has 0 fully saturated rings. The lowest BCUT2D eigenvalue weighted by Crippen LogP contribution is -1.99. The van der Waals surface area contributed by atoms with Gasteiger partial charge in [0.2, 0.25) is 0 Å². The third-order valence-electron chi connectivity index (χ3n) is 4.38. The van der Waals surface area contributed by atoms with Gasteiger partial charge in [-0.3, -0.25) is 4.79 Å². The SMILES string of the molecule is N#Cc1ccc(-c2c(C=O)c(-c3ccccc3)nn2-c2ccccc2)cc1. The Morgan fingerprint density at radius 1 is 0.815 bits per heavy atom. The minimum absolute atomic E-state index is 0.523. The summed E-state index contributed by atoms with van der Waals surface area (Å²) < 4.78 is 1.79. The largest absolute Gasteiger partial charge is 0.298 e. The monoisotopic (exact) mass is 349 g/mol. The number of benzene rings is 3. The summed E-state index contributed by atoms with van der Waals surface area (Å²) in [6.07, 6.45) is 0.850. The molecule has 4 nitrogen and oxygen atoms in total. The van der Waals surface area contributed by atoms with Crippen LogP contribution in [0.25, 0.3) is 28.2 Å². The summed E-state index contributed by atoms with van der Waals surface area (Å²) in [7, 11) is 0. The van der Waals surface area contributed by atoms with Gasteiger partial charge in [0.1, 0.15) is 5.69 Å². The molecule has 4 heteroatoms. The van der Waals surface area contributed by atoms with E-state index >= 15 is 0 Å². The van der Waals surface area contributed by atoms with Crippen molar-refractivity contribution in [1.29, 1.82) is 5.26 Å². The van der Waals surface area contributed by atoms with Crippen molar-refractivity contribution < 1.29 is 4.79 Å². The Balaban J connectivity index is 2.01. The minimum atomic E-state index is 0.523. The molecule has 0 aliphatic rings. The van der Waals surface area contributed by atoms with E-state index in [0.29, 0.717) is 22.5 Å². The molecule has 0 spiro atoms. The zero-order valence-electron chi connectivity index (χ0n) is 14.4. The van der Waals surface area contributed by atoms with Gasteiger partial charge in [-0.15, -0.1) is 0 Å². The van der Waals surface area contributed by atoms with Gasteiger partial charge in [-0.1, -0.05) is 60.7 Å². The summed E-state index contributed by atoms with van der Waals surface area (Å²) in [6, 6.07) is 28.6. The predicted octanol–water partition coefficient (Wildman–Crippen LogP) is 4.89. The maximum Gasteiger partial charge on any atom is 0.154 e. The molecule has 0 atom stereocenters. The third-order valence-corrected chi connectivity index (χ3v) is 4.38. The van der Waals surface area contributed by atoms with Gasteiger partial charge in [-0.05, 0) is 24.3 Å². The van der Waals surface area contributed by atoms with Crippen LogP contribution in [0.2, 0.25) is 0 Å². The third kappa shape index (κ3) is 3.03. The molecule has 1 aromatic heterocycles. The molecule has 0 aliphatic carbocycles. The molecule has 0 saturated heterocycles. The highest BCUT2D eigenvalue weighted by Crippen LogP contribution is 2.33. The zero-order chi connectivity index (χ0) is 18.6. The Kier molecular flexibility index (Phi) is 4.34. The number of nitrogens with zero attached hydrogens (tertiary/aromatic N) is 3. The van der Waals surface area contributed by atoms with E-state index < -0.39 is 0 Å². The molecule has 27 heavy (non-hydrogen) atoms. The molecule has 1 heterocycles. The maximum atomic E-state index is 12.1. The average molecular weight is 349 g/mol. The van der Waals surface area contributed by atoms with Crippen LogP contribution < -0.4 is 0 Å². The quantitative estimate of drug-likeness (QED) is 0.493. The van der Waals surface area contributed by atoms with Gasteiger partial charge in [0.05, 0.1) is 28.6 Å². The van der Waals surface area contributed by atoms with Crippen molar-refractivity contribution in [3.63, 3.8) is 0 Å². The number of nitriles is 1. The summed E-state index contributed by atoms with van der Waals surface area (Å²) >= 11 is 0. The molecule has 4 aromatic rings. The molecular formula is C23H15N3O. The molecule has 0 amide bonds. The smallest absolute Gasteiger partial charge is 0.154 e. The fourth-order valence-corrected chi connectivity index (χ4v) is 3.09. The van der Waals surface area contributed by atoms with Gasteiger partial charge in [-0.25, -0.2) is 4.68 Å². The van der Waals surface area contributed by atoms with E-state index in [9.17, 15) is 4.79 Å². The Labute approximate surface area is 156 Å². The molecule has 0 aliphatic heterocycles. The van der Waals surface area contributed by atoms with Gasteiger partial charge in [0.25, 0.3) is 0 Å². The van der Waals surface area contributed by atoms with Crippen molar-refractivity contribution in [1.82, 2.24) is 9.78 Å². The molecule has 4 rings (SSSR count). The first kappa shape index (κ1) is 16.5. The molecule has 0 unspecified atom stereocenters. The van der Waals surface area contributed by atoms with Crippen molar-refractivity contribution in [2.45, 2.75) is 0 Å². The highest BCUT2D eigenvalue weighted by molar-refractivity contribution is 5.94. The van der Waals surface area contributed by atoms with Crippen molar-refractivity contribution in [3.05, 3.63) is 96.1 Å². The number of para-hydroxylation sites is 1. The van der Waals surface area contributed by atoms with Crippen LogP contribution >= 0.6 is 0 Å². The summed E-state index contributed by atoms with van der Waals surface area (Å²) in [6.45, 7) is 0. The van der Waals surface area contributed by atoms with E-state index in [-0.39, 0.29) is 0 Å². The van der Waals surface area contributed by atoms with Crippen molar-refractivity contribution in [2.24, 2.45) is 0 Å². The summed E-state index contributed by atoms with van der Waals surface area (Å²) in [5.74, 6) is 0. The van der Waals surface area contributed by atoms with E-state index in [2.05, 4.69) is 6.07 Å². The first-order valence-corrected chi connectivity index (χ1v) is 8.51. The Morgan fingerprint density at radius 3 is 2.04 bits per heavy atom. The molecule has 0 bridgehead atoms. The Hall–Kier alpha value is -3.97. The zero-order valence-corrected chi connectivity index (χ0v) is 14.4. The van der Waals surface area contributed by atoms with Gasteiger partial charge in [-0.2, -0.15) is 10.4 Å². The van der Waals surface area contributed by atoms with Gasteiger partial charge in [0, 0.05) is 11.1 Å². The minimum Gasteiger partial charge on any atom is -0.298 e. The number of hydrogen-bond donors (Lipinski definition) is 0. The van der Waals surface area contributed by atoms with Crippen LogP contribution in [-0.2, 0) is 0 Å². The lowest BCUT2D eigenvalue weighted by molar-refractivity contribution is 0.112. The summed E-state index contributed by atoms with van der Waals surface area (Å²) in [5.41, 5.74) is 5.00. The second-order valence-electron chi connectivity index (χ2n) is 6.03. The summed E-state index contributed by atoms with van der Waals surface area (Å²) in [4.78, 5) is 12.1. The van der Waals surface area contributed by atoms with Crippen LogP contribution in [0.4, 0.5) is 0 Å². The number of rotatable bonds is 4. The van der Waals surface area contributed by atoms with Crippen molar-refractivity contribution >= 4 is 6.29 Å². The Morgan fingerprint density at radius 2 is 1.44 bits per heavy atom. The molecule has 0 N–H and O–H groups in total. The van der Waals surface area contributed by atoms with E-state index in [1.165, 1.54) is 0 Å². The van der Waals surface area contributed by atoms with Crippen LogP contribution in [0.1, 0.15) is 15.9 Å². The molecule has 0 saturated carbocycles. The van der Waals surface area contributed by atoms with Gasteiger partial charge < -0.3 is 0 Å². The predicted molar refractivity (Wildman–Crippen MR) is 105 cm³/mol. The van der Waals surface area contributed by atoms with Crippen molar-refractivity contribution in [2.75, 3.05) is 0 Å². The second-order valence-corrected chi connectivity index (χ2v) is 6.03. The fourth-order valence-electron chi connectivity index (χ4n) is 3.09. The lowest BCUT2D eigenvalue weighted by atomic mass is 10.0. The number of carbonyl (C=O) groups excluding carboxylic acids is 1. The average Bonchev–Trinajstić information content (AvgIpc) is 3.14. The highest BCUT2D eigenvalue weighted by Gasteiger charge is 2.21. The van der Waals surface area contributed by atoms with Crippen LogP contribution in [-0.4, -0.2) is 16.1 Å². The highest BCUT2D eigenvalue weighted by atomic mass is 16.1. The van der Waals surface area contributed by atoms with E-state index in [1.807, 2.05) is 72.8 Å². The van der Waals surface area contributed by atoms with Crippen molar-refractivity contribution in [3.8, 4) is 34.3 Å². The van der Waals surface area contributed by atoms with Crippen LogP contribution in [0.3, 0.4) is 0 Å². The van der Waals surface area contributed by atoms with Crippen LogP contribution in [0.5, 0.6) is 0 Å². The number of carbonyl (C=O) groups is 1. The van der Waals surface area contributed by atoms with E-state index in [0.717, 1.165) is 23.1 Å². The lowest BCUT2D eigenvalue weighted by Gasteiger charge is -2.08. The fraction of sp³-hybridized carbons (Fsp3) is 0.